The molecule has 7 heteroatoms. The van der Waals surface area contributed by atoms with Gasteiger partial charge in [0.15, 0.2) is 0 Å². The van der Waals surface area contributed by atoms with Crippen molar-refractivity contribution in [3.05, 3.63) is 59.4 Å². The van der Waals surface area contributed by atoms with Crippen LogP contribution in [-0.4, -0.2) is 18.6 Å². The molecule has 5 nitrogen and oxygen atoms in total. The smallest absolute Gasteiger partial charge is 0.269 e. The number of hydrogen-bond donors (Lipinski definition) is 1. The Balaban J connectivity index is 2.01. The van der Waals surface area contributed by atoms with Crippen molar-refractivity contribution in [3.63, 3.8) is 0 Å². The zero-order valence-electron chi connectivity index (χ0n) is 10.8. The van der Waals surface area contributed by atoms with E-state index < -0.39 is 21.7 Å². The van der Waals surface area contributed by atoms with E-state index in [9.17, 15) is 17.6 Å². The fraction of sp³-hybridized carbons (Fsp3) is 0.0714. The molecule has 2 N–H and O–H groups in total. The van der Waals surface area contributed by atoms with Gasteiger partial charge in [0.2, 0.25) is 0 Å². The summed E-state index contributed by atoms with van der Waals surface area (Å²) in [5.41, 5.74) is 5.83. The molecule has 2 aromatic carbocycles. The van der Waals surface area contributed by atoms with E-state index in [1.165, 1.54) is 24.3 Å². The molecule has 0 aromatic heterocycles. The first kappa shape index (κ1) is 13.6. The van der Waals surface area contributed by atoms with Crippen molar-refractivity contribution in [1.29, 1.82) is 0 Å². The fourth-order valence-corrected chi connectivity index (χ4v) is 3.78. The first-order valence-electron chi connectivity index (χ1n) is 6.11. The Morgan fingerprint density at radius 1 is 1.14 bits per heavy atom. The summed E-state index contributed by atoms with van der Waals surface area (Å²) < 4.78 is 38.8. The van der Waals surface area contributed by atoms with Gasteiger partial charge < -0.3 is 5.73 Å². The Morgan fingerprint density at radius 2 is 1.86 bits per heavy atom. The predicted octanol–water partition coefficient (Wildman–Crippen LogP) is 1.75. The molecular weight excluding hydrogens is 295 g/mol. The zero-order valence-corrected chi connectivity index (χ0v) is 11.6. The van der Waals surface area contributed by atoms with Crippen LogP contribution in [0.2, 0.25) is 0 Å². The van der Waals surface area contributed by atoms with Crippen LogP contribution < -0.4 is 5.73 Å². The molecule has 0 fully saturated rings. The Labute approximate surface area is 120 Å². The molecule has 0 saturated carbocycles. The Kier molecular flexibility index (Phi) is 2.94. The number of benzene rings is 2. The van der Waals surface area contributed by atoms with Crippen LogP contribution in [-0.2, 0) is 16.6 Å². The topological polar surface area (TPSA) is 80.5 Å². The quantitative estimate of drug-likeness (QED) is 0.857. The van der Waals surface area contributed by atoms with Crippen molar-refractivity contribution in [1.82, 2.24) is 4.31 Å². The number of anilines is 1. The second-order valence-corrected chi connectivity index (χ2v) is 6.50. The fourth-order valence-electron chi connectivity index (χ4n) is 2.22. The van der Waals surface area contributed by atoms with Gasteiger partial charge in [0.05, 0.1) is 17.8 Å². The molecule has 0 saturated heterocycles. The van der Waals surface area contributed by atoms with Gasteiger partial charge in [-0.05, 0) is 29.8 Å². The van der Waals surface area contributed by atoms with Crippen LogP contribution in [0.3, 0.4) is 0 Å². The lowest BCUT2D eigenvalue weighted by molar-refractivity contribution is 0.0865. The maximum absolute atomic E-state index is 13.4. The van der Waals surface area contributed by atoms with Crippen LogP contribution in [0, 0.1) is 5.82 Å². The highest BCUT2D eigenvalue weighted by molar-refractivity contribution is 7.90. The van der Waals surface area contributed by atoms with Gasteiger partial charge in [0.25, 0.3) is 15.9 Å². The molecule has 108 valence electrons. The Bertz CT molecular complexity index is 849. The van der Waals surface area contributed by atoms with E-state index in [0.717, 1.165) is 10.4 Å². The average molecular weight is 306 g/mol. The number of hydrogen-bond acceptors (Lipinski definition) is 4. The number of carbonyl (C=O) groups is 1. The van der Waals surface area contributed by atoms with Crippen LogP contribution >= 0.6 is 0 Å². The zero-order chi connectivity index (χ0) is 15.2. The lowest BCUT2D eigenvalue weighted by Crippen LogP contribution is -2.29. The van der Waals surface area contributed by atoms with E-state index in [1.54, 1.807) is 12.1 Å². The standard InChI is InChI=1S/C14H11FN2O3S/c15-11-7-9(5-6-12(11)16)8-17-14(18)10-3-1-2-4-13(10)21(17,19)20/h1-7H,8,16H2. The molecule has 2 aromatic rings. The molecule has 0 radical (unpaired) electrons. The summed E-state index contributed by atoms with van der Waals surface area (Å²) in [6, 6.07) is 9.94. The molecule has 1 aliphatic heterocycles. The van der Waals surface area contributed by atoms with Crippen molar-refractivity contribution < 1.29 is 17.6 Å². The summed E-state index contributed by atoms with van der Waals surface area (Å²) >= 11 is 0. The van der Waals surface area contributed by atoms with E-state index in [4.69, 9.17) is 5.73 Å². The molecule has 3 rings (SSSR count). The summed E-state index contributed by atoms with van der Waals surface area (Å²) in [5.74, 6) is -1.25. The highest BCUT2D eigenvalue weighted by atomic mass is 32.2. The molecule has 0 bridgehead atoms. The van der Waals surface area contributed by atoms with Crippen LogP contribution in [0.15, 0.2) is 47.4 Å². The summed E-state index contributed by atoms with van der Waals surface area (Å²) in [7, 11) is -3.89. The van der Waals surface area contributed by atoms with Gasteiger partial charge in [-0.15, -0.1) is 0 Å². The monoisotopic (exact) mass is 306 g/mol. The van der Waals surface area contributed by atoms with Crippen LogP contribution in [0.5, 0.6) is 0 Å². The van der Waals surface area contributed by atoms with Gasteiger partial charge in [-0.3, -0.25) is 4.79 Å². The minimum atomic E-state index is -3.89. The third kappa shape index (κ3) is 2.06. The molecule has 0 aliphatic carbocycles. The number of fused-ring (bicyclic) bond motifs is 1. The number of halogens is 1. The summed E-state index contributed by atoms with van der Waals surface area (Å²) in [6.45, 7) is -0.229. The number of amides is 1. The second kappa shape index (κ2) is 4.56. The number of rotatable bonds is 2. The molecule has 1 amide bonds. The third-order valence-corrected chi connectivity index (χ3v) is 5.09. The van der Waals surface area contributed by atoms with Gasteiger partial charge >= 0.3 is 0 Å². The van der Waals surface area contributed by atoms with Gasteiger partial charge in [0, 0.05) is 0 Å². The molecule has 1 heterocycles. The number of nitrogen functional groups attached to an aromatic ring is 1. The SMILES string of the molecule is Nc1ccc(CN2C(=O)c3ccccc3S2(=O)=O)cc1F. The molecule has 0 unspecified atom stereocenters. The molecule has 0 atom stereocenters. The van der Waals surface area contributed by atoms with Gasteiger partial charge in [-0.2, -0.15) is 0 Å². The largest absolute Gasteiger partial charge is 0.396 e. The van der Waals surface area contributed by atoms with Crippen molar-refractivity contribution >= 4 is 21.6 Å². The molecule has 1 aliphatic rings. The van der Waals surface area contributed by atoms with Crippen molar-refractivity contribution in [2.45, 2.75) is 11.4 Å². The third-order valence-electron chi connectivity index (χ3n) is 3.30. The Morgan fingerprint density at radius 3 is 2.52 bits per heavy atom. The number of carbonyl (C=O) groups excluding carboxylic acids is 1. The minimum Gasteiger partial charge on any atom is -0.396 e. The first-order valence-corrected chi connectivity index (χ1v) is 7.55. The number of sulfonamides is 1. The van der Waals surface area contributed by atoms with Gasteiger partial charge in [-0.1, -0.05) is 18.2 Å². The first-order chi connectivity index (χ1) is 9.91. The van der Waals surface area contributed by atoms with Crippen molar-refractivity contribution in [3.8, 4) is 0 Å². The minimum absolute atomic E-state index is 0.0223. The maximum Gasteiger partial charge on any atom is 0.269 e. The molecule has 0 spiro atoms. The summed E-state index contributed by atoms with van der Waals surface area (Å²) in [4.78, 5) is 12.2. The summed E-state index contributed by atoms with van der Waals surface area (Å²) in [6.07, 6.45) is 0. The van der Waals surface area contributed by atoms with Gasteiger partial charge in [0.1, 0.15) is 10.7 Å². The van der Waals surface area contributed by atoms with E-state index in [-0.39, 0.29) is 22.7 Å². The normalized spacial score (nSPS) is 16.0. The summed E-state index contributed by atoms with van der Waals surface area (Å²) in [5, 5.41) is 0. The van der Waals surface area contributed by atoms with Crippen LogP contribution in [0.25, 0.3) is 0 Å². The van der Waals surface area contributed by atoms with Crippen molar-refractivity contribution in [2.75, 3.05) is 5.73 Å². The van der Waals surface area contributed by atoms with Crippen LogP contribution in [0.4, 0.5) is 10.1 Å². The maximum atomic E-state index is 13.4. The lowest BCUT2D eigenvalue weighted by atomic mass is 10.2. The van der Waals surface area contributed by atoms with Crippen molar-refractivity contribution in [2.24, 2.45) is 0 Å². The number of nitrogens with zero attached hydrogens (tertiary/aromatic N) is 1. The van der Waals surface area contributed by atoms with E-state index in [1.807, 2.05) is 0 Å². The molecular formula is C14H11FN2O3S. The van der Waals surface area contributed by atoms with E-state index in [0.29, 0.717) is 5.56 Å². The highest BCUT2D eigenvalue weighted by Crippen LogP contribution is 2.31. The lowest BCUT2D eigenvalue weighted by Gasteiger charge is -2.15. The Hall–Kier alpha value is -2.41. The van der Waals surface area contributed by atoms with E-state index in [2.05, 4.69) is 0 Å². The van der Waals surface area contributed by atoms with E-state index >= 15 is 0 Å². The van der Waals surface area contributed by atoms with Crippen LogP contribution in [0.1, 0.15) is 15.9 Å². The van der Waals surface area contributed by atoms with Gasteiger partial charge in [-0.25, -0.2) is 17.1 Å². The predicted molar refractivity (Wildman–Crippen MR) is 74.3 cm³/mol. The average Bonchev–Trinajstić information content (AvgIpc) is 2.65. The molecule has 21 heavy (non-hydrogen) atoms. The number of nitrogens with two attached hydrogens (primary N) is 1. The second-order valence-electron chi connectivity index (χ2n) is 4.67. The highest BCUT2D eigenvalue weighted by Gasteiger charge is 2.40.